The molecule has 0 bridgehead atoms. The summed E-state index contributed by atoms with van der Waals surface area (Å²) in [6, 6.07) is 6.56. The molecule has 0 aliphatic carbocycles. The number of carbonyl (C=O) groups excluding carboxylic acids is 1. The maximum absolute atomic E-state index is 11.9. The molecule has 0 amide bonds. The van der Waals surface area contributed by atoms with Crippen LogP contribution >= 0.6 is 0 Å². The SMILES string of the molecule is Cc1ccc(S(=O)(=O)OCCCCC(C)(C)C=O)cc1. The zero-order valence-electron chi connectivity index (χ0n) is 12.3. The zero-order chi connectivity index (χ0) is 15.2. The van der Waals surface area contributed by atoms with Gasteiger partial charge in [-0.15, -0.1) is 0 Å². The van der Waals surface area contributed by atoms with Crippen LogP contribution in [0.4, 0.5) is 0 Å². The molecule has 0 fully saturated rings. The van der Waals surface area contributed by atoms with Gasteiger partial charge in [-0.05, 0) is 31.9 Å². The topological polar surface area (TPSA) is 60.4 Å². The molecule has 0 aromatic heterocycles. The van der Waals surface area contributed by atoms with Gasteiger partial charge >= 0.3 is 0 Å². The molecule has 0 saturated carbocycles. The van der Waals surface area contributed by atoms with Gasteiger partial charge in [-0.25, -0.2) is 0 Å². The summed E-state index contributed by atoms with van der Waals surface area (Å²) in [5, 5.41) is 0. The van der Waals surface area contributed by atoms with Crippen molar-refractivity contribution in [1.82, 2.24) is 0 Å². The van der Waals surface area contributed by atoms with Crippen LogP contribution in [0.25, 0.3) is 0 Å². The molecule has 0 aliphatic rings. The van der Waals surface area contributed by atoms with Crippen LogP contribution in [0, 0.1) is 12.3 Å². The molecule has 0 unspecified atom stereocenters. The van der Waals surface area contributed by atoms with E-state index in [1.54, 1.807) is 24.3 Å². The molecule has 1 aromatic rings. The molecule has 0 atom stereocenters. The molecular weight excluding hydrogens is 276 g/mol. The van der Waals surface area contributed by atoms with Gasteiger partial charge in [0.2, 0.25) is 0 Å². The molecule has 0 aliphatic heterocycles. The first-order valence-electron chi connectivity index (χ1n) is 6.69. The number of unbranched alkanes of at least 4 members (excludes halogenated alkanes) is 1. The van der Waals surface area contributed by atoms with E-state index in [-0.39, 0.29) is 16.9 Å². The first-order chi connectivity index (χ1) is 9.27. The van der Waals surface area contributed by atoms with Crippen LogP contribution in [0.2, 0.25) is 0 Å². The Balaban J connectivity index is 2.41. The first-order valence-corrected chi connectivity index (χ1v) is 8.10. The van der Waals surface area contributed by atoms with Crippen LogP contribution in [0.1, 0.15) is 38.7 Å². The van der Waals surface area contributed by atoms with E-state index >= 15 is 0 Å². The fourth-order valence-corrected chi connectivity index (χ4v) is 2.63. The van der Waals surface area contributed by atoms with Crippen LogP contribution in [0.5, 0.6) is 0 Å². The number of aryl methyl sites for hydroxylation is 1. The molecule has 0 heterocycles. The maximum atomic E-state index is 11.9. The maximum Gasteiger partial charge on any atom is 0.296 e. The normalized spacial score (nSPS) is 12.3. The third kappa shape index (κ3) is 5.43. The Morgan fingerprint density at radius 1 is 1.15 bits per heavy atom. The number of carbonyl (C=O) groups is 1. The van der Waals surface area contributed by atoms with Crippen molar-refractivity contribution in [3.8, 4) is 0 Å². The Morgan fingerprint density at radius 3 is 2.30 bits per heavy atom. The van der Waals surface area contributed by atoms with E-state index < -0.39 is 10.1 Å². The van der Waals surface area contributed by atoms with Gasteiger partial charge in [0.25, 0.3) is 10.1 Å². The van der Waals surface area contributed by atoms with E-state index in [2.05, 4.69) is 0 Å². The Labute approximate surface area is 121 Å². The van der Waals surface area contributed by atoms with E-state index in [0.717, 1.165) is 24.7 Å². The van der Waals surface area contributed by atoms with Crippen molar-refractivity contribution in [1.29, 1.82) is 0 Å². The molecular formula is C15H22O4S. The van der Waals surface area contributed by atoms with Crippen molar-refractivity contribution in [2.75, 3.05) is 6.61 Å². The van der Waals surface area contributed by atoms with E-state index in [1.165, 1.54) is 0 Å². The Hall–Kier alpha value is -1.20. The molecule has 5 heteroatoms. The number of hydrogen-bond acceptors (Lipinski definition) is 4. The molecule has 4 nitrogen and oxygen atoms in total. The second-order valence-corrected chi connectivity index (χ2v) is 7.27. The summed E-state index contributed by atoms with van der Waals surface area (Å²) >= 11 is 0. The molecule has 1 aromatic carbocycles. The molecule has 0 N–H and O–H groups in total. The highest BCUT2D eigenvalue weighted by Gasteiger charge is 2.17. The first kappa shape index (κ1) is 16.9. The van der Waals surface area contributed by atoms with Crippen LogP contribution < -0.4 is 0 Å². The van der Waals surface area contributed by atoms with Gasteiger partial charge in [0.05, 0.1) is 11.5 Å². The Morgan fingerprint density at radius 2 is 1.75 bits per heavy atom. The van der Waals surface area contributed by atoms with Crippen molar-refractivity contribution >= 4 is 16.4 Å². The van der Waals surface area contributed by atoms with Gasteiger partial charge < -0.3 is 4.79 Å². The molecule has 1 rings (SSSR count). The van der Waals surface area contributed by atoms with Gasteiger partial charge in [0.1, 0.15) is 6.29 Å². The highest BCUT2D eigenvalue weighted by atomic mass is 32.2. The minimum atomic E-state index is -3.67. The van der Waals surface area contributed by atoms with Crippen LogP contribution in [-0.2, 0) is 19.1 Å². The average molecular weight is 298 g/mol. The van der Waals surface area contributed by atoms with Gasteiger partial charge in [-0.3, -0.25) is 4.18 Å². The standard InChI is InChI=1S/C15H22O4S/c1-13-6-8-14(9-7-13)20(17,18)19-11-5-4-10-15(2,3)12-16/h6-9,12H,4-5,10-11H2,1-3H3. The van der Waals surface area contributed by atoms with Crippen molar-refractivity contribution < 1.29 is 17.4 Å². The quantitative estimate of drug-likeness (QED) is 0.420. The smallest absolute Gasteiger partial charge is 0.296 e. The van der Waals surface area contributed by atoms with E-state index in [9.17, 15) is 13.2 Å². The highest BCUT2D eigenvalue weighted by Crippen LogP contribution is 2.20. The summed E-state index contributed by atoms with van der Waals surface area (Å²) in [6.07, 6.45) is 3.03. The fraction of sp³-hybridized carbons (Fsp3) is 0.533. The summed E-state index contributed by atoms with van der Waals surface area (Å²) < 4.78 is 28.8. The summed E-state index contributed by atoms with van der Waals surface area (Å²) in [5.74, 6) is 0. The second-order valence-electron chi connectivity index (χ2n) is 5.65. The number of benzene rings is 1. The minimum absolute atomic E-state index is 0.144. The number of hydrogen-bond donors (Lipinski definition) is 0. The van der Waals surface area contributed by atoms with Crippen LogP contribution in [0.15, 0.2) is 29.2 Å². The predicted octanol–water partition coefficient (Wildman–Crippen LogP) is 3.10. The minimum Gasteiger partial charge on any atom is -0.303 e. The van der Waals surface area contributed by atoms with Crippen LogP contribution in [0.3, 0.4) is 0 Å². The lowest BCUT2D eigenvalue weighted by Crippen LogP contribution is -2.13. The molecule has 0 saturated heterocycles. The summed E-state index contributed by atoms with van der Waals surface area (Å²) in [5.41, 5.74) is 0.649. The summed E-state index contributed by atoms with van der Waals surface area (Å²) in [4.78, 5) is 10.9. The Bertz CT molecular complexity index is 529. The predicted molar refractivity (Wildman–Crippen MR) is 78.0 cm³/mol. The summed E-state index contributed by atoms with van der Waals surface area (Å²) in [7, 11) is -3.67. The fourth-order valence-electron chi connectivity index (χ4n) is 1.68. The van der Waals surface area contributed by atoms with Gasteiger partial charge in [0.15, 0.2) is 0 Å². The average Bonchev–Trinajstić information content (AvgIpc) is 2.38. The highest BCUT2D eigenvalue weighted by molar-refractivity contribution is 7.86. The van der Waals surface area contributed by atoms with Gasteiger partial charge in [-0.2, -0.15) is 8.42 Å². The molecule has 0 radical (unpaired) electrons. The monoisotopic (exact) mass is 298 g/mol. The van der Waals surface area contributed by atoms with E-state index in [0.29, 0.717) is 6.42 Å². The third-order valence-electron chi connectivity index (χ3n) is 3.08. The molecule has 112 valence electrons. The van der Waals surface area contributed by atoms with Gasteiger partial charge in [0, 0.05) is 5.41 Å². The van der Waals surface area contributed by atoms with Crippen molar-refractivity contribution in [3.05, 3.63) is 29.8 Å². The van der Waals surface area contributed by atoms with E-state index in [4.69, 9.17) is 4.18 Å². The van der Waals surface area contributed by atoms with Crippen molar-refractivity contribution in [2.45, 2.75) is 44.9 Å². The lowest BCUT2D eigenvalue weighted by Gasteiger charge is -2.15. The zero-order valence-corrected chi connectivity index (χ0v) is 13.1. The lowest BCUT2D eigenvalue weighted by molar-refractivity contribution is -0.115. The molecule has 0 spiro atoms. The Kier molecular flexibility index (Phi) is 5.89. The van der Waals surface area contributed by atoms with Gasteiger partial charge in [-0.1, -0.05) is 38.0 Å². The molecule has 20 heavy (non-hydrogen) atoms. The van der Waals surface area contributed by atoms with Crippen molar-refractivity contribution in [3.63, 3.8) is 0 Å². The van der Waals surface area contributed by atoms with E-state index in [1.807, 2.05) is 20.8 Å². The van der Waals surface area contributed by atoms with Crippen molar-refractivity contribution in [2.24, 2.45) is 5.41 Å². The lowest BCUT2D eigenvalue weighted by atomic mass is 9.89. The van der Waals surface area contributed by atoms with Crippen LogP contribution in [-0.4, -0.2) is 21.3 Å². The second kappa shape index (κ2) is 6.99. The third-order valence-corrected chi connectivity index (χ3v) is 4.41. The number of aldehydes is 1. The number of rotatable bonds is 8. The largest absolute Gasteiger partial charge is 0.303 e. The summed E-state index contributed by atoms with van der Waals surface area (Å²) in [6.45, 7) is 5.77.